The molecule has 2 N–H and O–H groups in total. The molecule has 23 heavy (non-hydrogen) atoms. The fourth-order valence-electron chi connectivity index (χ4n) is 1.77. The van der Waals surface area contributed by atoms with Gasteiger partial charge in [0.15, 0.2) is 0 Å². The summed E-state index contributed by atoms with van der Waals surface area (Å²) in [5, 5.41) is 0.227. The van der Waals surface area contributed by atoms with Crippen molar-refractivity contribution in [3.63, 3.8) is 0 Å². The molecule has 0 bridgehead atoms. The predicted molar refractivity (Wildman–Crippen MR) is 86.9 cm³/mol. The highest BCUT2D eigenvalue weighted by molar-refractivity contribution is 7.89. The zero-order valence-corrected chi connectivity index (χ0v) is 13.8. The highest BCUT2D eigenvalue weighted by Gasteiger charge is 2.16. The van der Waals surface area contributed by atoms with E-state index in [-0.39, 0.29) is 15.5 Å². The molecule has 0 spiro atoms. The minimum Gasteiger partial charge on any atom is -0.494 e. The van der Waals surface area contributed by atoms with Gasteiger partial charge in [0.05, 0.1) is 22.1 Å². The van der Waals surface area contributed by atoms with Gasteiger partial charge in [-0.2, -0.15) is 0 Å². The normalized spacial score (nSPS) is 11.0. The number of carbonyl (C=O) groups is 1. The smallest absolute Gasteiger partial charge is 0.267 e. The van der Waals surface area contributed by atoms with Crippen LogP contribution in [0.4, 0.5) is 0 Å². The van der Waals surface area contributed by atoms with Gasteiger partial charge in [0.25, 0.3) is 15.9 Å². The third-order valence-corrected chi connectivity index (χ3v) is 4.46. The summed E-state index contributed by atoms with van der Waals surface area (Å²) in [5.74, 6) is -0.0864. The van der Waals surface area contributed by atoms with Gasteiger partial charge in [-0.1, -0.05) is 23.7 Å². The van der Waals surface area contributed by atoms with Crippen molar-refractivity contribution >= 4 is 27.5 Å². The van der Waals surface area contributed by atoms with Gasteiger partial charge in [-0.15, -0.1) is 4.83 Å². The Balaban J connectivity index is 2.06. The highest BCUT2D eigenvalue weighted by Crippen LogP contribution is 2.16. The average molecular weight is 355 g/mol. The summed E-state index contributed by atoms with van der Waals surface area (Å²) < 4.78 is 29.5. The van der Waals surface area contributed by atoms with Crippen LogP contribution < -0.4 is 15.0 Å². The lowest BCUT2D eigenvalue weighted by atomic mass is 10.2. The van der Waals surface area contributed by atoms with Gasteiger partial charge in [-0.3, -0.25) is 10.2 Å². The molecule has 0 fully saturated rings. The molecule has 0 aromatic heterocycles. The SMILES string of the molecule is CCOc1ccc(S(=O)(=O)NNC(=O)c2ccccc2Cl)cc1. The molecule has 0 aliphatic heterocycles. The molecule has 122 valence electrons. The lowest BCUT2D eigenvalue weighted by Crippen LogP contribution is -2.41. The van der Waals surface area contributed by atoms with E-state index < -0.39 is 15.9 Å². The Morgan fingerprint density at radius 1 is 1.13 bits per heavy atom. The Labute approximate surface area is 139 Å². The molecule has 0 aliphatic carbocycles. The summed E-state index contributed by atoms with van der Waals surface area (Å²) in [5.41, 5.74) is 2.30. The Morgan fingerprint density at radius 2 is 1.78 bits per heavy atom. The molecular weight excluding hydrogens is 340 g/mol. The molecule has 6 nitrogen and oxygen atoms in total. The molecule has 8 heteroatoms. The summed E-state index contributed by atoms with van der Waals surface area (Å²) in [6, 6.07) is 12.2. The van der Waals surface area contributed by atoms with E-state index in [1.165, 1.54) is 36.4 Å². The van der Waals surface area contributed by atoms with Gasteiger partial charge < -0.3 is 4.74 Å². The van der Waals surface area contributed by atoms with Crippen molar-refractivity contribution in [1.29, 1.82) is 0 Å². The van der Waals surface area contributed by atoms with E-state index >= 15 is 0 Å². The van der Waals surface area contributed by atoms with Crippen LogP contribution in [0, 0.1) is 0 Å². The van der Waals surface area contributed by atoms with Crippen LogP contribution in [0.3, 0.4) is 0 Å². The number of benzene rings is 2. The number of amides is 1. The number of hydrogen-bond acceptors (Lipinski definition) is 4. The van der Waals surface area contributed by atoms with E-state index in [1.54, 1.807) is 12.1 Å². The van der Waals surface area contributed by atoms with Gasteiger partial charge in [-0.25, -0.2) is 8.42 Å². The average Bonchev–Trinajstić information content (AvgIpc) is 2.54. The Morgan fingerprint density at radius 3 is 2.39 bits per heavy atom. The lowest BCUT2D eigenvalue weighted by Gasteiger charge is -2.10. The number of sulfonamides is 1. The summed E-state index contributed by atoms with van der Waals surface area (Å²) in [4.78, 5) is 14.0. The number of halogens is 1. The van der Waals surface area contributed by atoms with Gasteiger partial charge in [-0.05, 0) is 43.3 Å². The maximum absolute atomic E-state index is 12.1. The Bertz CT molecular complexity index is 791. The van der Waals surface area contributed by atoms with Crippen molar-refractivity contribution in [3.05, 3.63) is 59.1 Å². The molecule has 2 aromatic rings. The molecular formula is C15H15ClN2O4S. The Kier molecular flexibility index (Phi) is 5.59. The third kappa shape index (κ3) is 4.44. The van der Waals surface area contributed by atoms with Gasteiger partial charge in [0, 0.05) is 0 Å². The first kappa shape index (κ1) is 17.3. The second-order valence-electron chi connectivity index (χ2n) is 4.44. The fourth-order valence-corrected chi connectivity index (χ4v) is 2.83. The second kappa shape index (κ2) is 7.45. The van der Waals surface area contributed by atoms with Crippen LogP contribution in [0.5, 0.6) is 5.75 Å². The van der Waals surface area contributed by atoms with E-state index in [1.807, 2.05) is 11.8 Å². The van der Waals surface area contributed by atoms with Gasteiger partial charge >= 0.3 is 0 Å². The van der Waals surface area contributed by atoms with Crippen molar-refractivity contribution in [2.24, 2.45) is 0 Å². The van der Waals surface area contributed by atoms with Crippen molar-refractivity contribution in [1.82, 2.24) is 10.3 Å². The van der Waals surface area contributed by atoms with Crippen molar-refractivity contribution in [2.45, 2.75) is 11.8 Å². The molecule has 0 radical (unpaired) electrons. The Hall–Kier alpha value is -2.09. The molecule has 0 atom stereocenters. The largest absolute Gasteiger partial charge is 0.494 e. The number of carbonyl (C=O) groups excluding carboxylic acids is 1. The topological polar surface area (TPSA) is 84.5 Å². The molecule has 0 saturated heterocycles. The van der Waals surface area contributed by atoms with Crippen LogP contribution >= 0.6 is 11.6 Å². The number of hydrogen-bond donors (Lipinski definition) is 2. The van der Waals surface area contributed by atoms with Crippen molar-refractivity contribution < 1.29 is 17.9 Å². The van der Waals surface area contributed by atoms with Crippen LogP contribution in [0.1, 0.15) is 17.3 Å². The molecule has 0 saturated carbocycles. The number of ether oxygens (including phenoxy) is 1. The zero-order chi connectivity index (χ0) is 16.9. The molecule has 0 unspecified atom stereocenters. The first-order valence-electron chi connectivity index (χ1n) is 6.73. The van der Waals surface area contributed by atoms with Gasteiger partial charge in [0.1, 0.15) is 5.75 Å². The molecule has 0 heterocycles. The highest BCUT2D eigenvalue weighted by atomic mass is 35.5. The number of nitrogens with one attached hydrogen (secondary N) is 2. The monoisotopic (exact) mass is 354 g/mol. The van der Waals surface area contributed by atoms with Crippen molar-refractivity contribution in [3.8, 4) is 5.75 Å². The maximum atomic E-state index is 12.1. The van der Waals surface area contributed by atoms with Crippen LogP contribution in [-0.2, 0) is 10.0 Å². The number of hydrazine groups is 1. The quantitative estimate of drug-likeness (QED) is 0.780. The van der Waals surface area contributed by atoms with E-state index in [4.69, 9.17) is 16.3 Å². The standard InChI is InChI=1S/C15H15ClN2O4S/c1-2-22-11-7-9-12(10-8-11)23(20,21)18-17-15(19)13-5-3-4-6-14(13)16/h3-10,18H,2H2,1H3,(H,17,19). The summed E-state index contributed by atoms with van der Waals surface area (Å²) in [6.45, 7) is 2.31. The minimum absolute atomic E-state index is 0.000381. The minimum atomic E-state index is -3.89. The molecule has 2 rings (SSSR count). The van der Waals surface area contributed by atoms with Crippen LogP contribution in [-0.4, -0.2) is 20.9 Å². The molecule has 1 amide bonds. The van der Waals surface area contributed by atoms with E-state index in [0.29, 0.717) is 12.4 Å². The van der Waals surface area contributed by atoms with Gasteiger partial charge in [0.2, 0.25) is 0 Å². The van der Waals surface area contributed by atoms with E-state index in [2.05, 4.69) is 5.43 Å². The fraction of sp³-hybridized carbons (Fsp3) is 0.133. The summed E-state index contributed by atoms with van der Waals surface area (Å²) >= 11 is 5.88. The van der Waals surface area contributed by atoms with E-state index in [9.17, 15) is 13.2 Å². The zero-order valence-electron chi connectivity index (χ0n) is 12.2. The van der Waals surface area contributed by atoms with E-state index in [0.717, 1.165) is 0 Å². The lowest BCUT2D eigenvalue weighted by molar-refractivity contribution is 0.0945. The first-order valence-corrected chi connectivity index (χ1v) is 8.59. The van der Waals surface area contributed by atoms with Crippen LogP contribution in [0.25, 0.3) is 0 Å². The number of rotatable bonds is 6. The predicted octanol–water partition coefficient (Wildman–Crippen LogP) is 2.36. The summed E-state index contributed by atoms with van der Waals surface area (Å²) in [6.07, 6.45) is 0. The third-order valence-electron chi connectivity index (χ3n) is 2.86. The second-order valence-corrected chi connectivity index (χ2v) is 6.53. The maximum Gasteiger partial charge on any atom is 0.267 e. The molecule has 0 aliphatic rings. The summed E-state index contributed by atoms with van der Waals surface area (Å²) in [7, 11) is -3.89. The van der Waals surface area contributed by atoms with Crippen molar-refractivity contribution in [2.75, 3.05) is 6.61 Å². The first-order chi connectivity index (χ1) is 10.9. The van der Waals surface area contributed by atoms with Crippen LogP contribution in [0.2, 0.25) is 5.02 Å². The molecule has 2 aromatic carbocycles. The van der Waals surface area contributed by atoms with Crippen LogP contribution in [0.15, 0.2) is 53.4 Å².